The molecule has 1 amide bonds. The number of oxazole rings is 1. The predicted octanol–water partition coefficient (Wildman–Crippen LogP) is 2.51. The average molecular weight is 334 g/mol. The van der Waals surface area contributed by atoms with Crippen LogP contribution in [0.4, 0.5) is 4.79 Å². The van der Waals surface area contributed by atoms with Crippen molar-refractivity contribution in [1.29, 1.82) is 0 Å². The first kappa shape index (κ1) is 15.4. The van der Waals surface area contributed by atoms with Gasteiger partial charge in [0.15, 0.2) is 5.37 Å². The van der Waals surface area contributed by atoms with Gasteiger partial charge in [-0.05, 0) is 5.56 Å². The van der Waals surface area contributed by atoms with Crippen molar-refractivity contribution < 1.29 is 23.8 Å². The highest BCUT2D eigenvalue weighted by atomic mass is 32.2. The van der Waals surface area contributed by atoms with Gasteiger partial charge in [0.1, 0.15) is 18.9 Å². The largest absolute Gasteiger partial charge is 0.480 e. The van der Waals surface area contributed by atoms with E-state index in [1.165, 1.54) is 29.1 Å². The summed E-state index contributed by atoms with van der Waals surface area (Å²) in [6, 6.07) is 8.22. The van der Waals surface area contributed by atoms with Crippen molar-refractivity contribution in [3.8, 4) is 0 Å². The van der Waals surface area contributed by atoms with E-state index < -0.39 is 23.5 Å². The molecule has 0 bridgehead atoms. The van der Waals surface area contributed by atoms with Crippen LogP contribution in [0.3, 0.4) is 0 Å². The monoisotopic (exact) mass is 334 g/mol. The number of carbonyl (C=O) groups excluding carboxylic acids is 1. The number of benzene rings is 1. The molecule has 1 aliphatic rings. The highest BCUT2D eigenvalue weighted by Gasteiger charge is 2.45. The van der Waals surface area contributed by atoms with E-state index in [0.29, 0.717) is 0 Å². The fraction of sp³-hybridized carbons (Fsp3) is 0.267. The highest BCUT2D eigenvalue weighted by molar-refractivity contribution is 7.99. The van der Waals surface area contributed by atoms with Crippen LogP contribution in [-0.4, -0.2) is 38.8 Å². The normalized spacial score (nSPS) is 20.4. The molecule has 1 fully saturated rings. The summed E-state index contributed by atoms with van der Waals surface area (Å²) in [5, 5.41) is 8.72. The first-order valence-electron chi connectivity index (χ1n) is 6.89. The first-order chi connectivity index (χ1) is 11.2. The van der Waals surface area contributed by atoms with Crippen LogP contribution in [-0.2, 0) is 16.1 Å². The molecule has 120 valence electrons. The summed E-state index contributed by atoms with van der Waals surface area (Å²) in [5.74, 6) is -0.540. The van der Waals surface area contributed by atoms with Gasteiger partial charge in [0.2, 0.25) is 5.89 Å². The summed E-state index contributed by atoms with van der Waals surface area (Å²) in [4.78, 5) is 29.0. The third-order valence-corrected chi connectivity index (χ3v) is 4.62. The molecule has 2 atom stereocenters. The second-order valence-electron chi connectivity index (χ2n) is 4.86. The Kier molecular flexibility index (Phi) is 4.52. The number of nitrogens with zero attached hydrogens (tertiary/aromatic N) is 2. The number of aromatic nitrogens is 1. The van der Waals surface area contributed by atoms with Gasteiger partial charge in [0.05, 0.1) is 6.20 Å². The van der Waals surface area contributed by atoms with E-state index in [1.54, 1.807) is 0 Å². The number of aliphatic carboxylic acids is 1. The topological polar surface area (TPSA) is 92.9 Å². The Morgan fingerprint density at radius 2 is 2.17 bits per heavy atom. The lowest BCUT2D eigenvalue weighted by Gasteiger charge is -2.24. The molecule has 1 aliphatic heterocycles. The Hall–Kier alpha value is -2.48. The van der Waals surface area contributed by atoms with Crippen LogP contribution in [0.1, 0.15) is 16.8 Å². The summed E-state index contributed by atoms with van der Waals surface area (Å²) in [6.07, 6.45) is 2.14. The Balaban J connectivity index is 1.74. The lowest BCUT2D eigenvalue weighted by atomic mass is 10.2. The first-order valence-corrected chi connectivity index (χ1v) is 7.94. The van der Waals surface area contributed by atoms with E-state index in [2.05, 4.69) is 4.98 Å². The Morgan fingerprint density at radius 3 is 2.83 bits per heavy atom. The van der Waals surface area contributed by atoms with E-state index >= 15 is 0 Å². The average Bonchev–Trinajstić information content (AvgIpc) is 3.22. The molecular weight excluding hydrogens is 320 g/mol. The Bertz CT molecular complexity index is 676. The second kappa shape index (κ2) is 6.74. The maximum Gasteiger partial charge on any atom is 0.412 e. The summed E-state index contributed by atoms with van der Waals surface area (Å²) in [6.45, 7) is 0.0749. The number of carboxylic acids is 1. The standard InChI is InChI=1S/C15H14N2O5S/c18-14(19)11-9-23-13(12-16-6-7-21-12)17(11)15(20)22-8-10-4-2-1-3-5-10/h1-7,11,13H,8-9H2,(H,18,19)/t11?,13-/m1/s1. The molecule has 7 nitrogen and oxygen atoms in total. The van der Waals surface area contributed by atoms with Crippen molar-refractivity contribution in [3.63, 3.8) is 0 Å². The molecule has 3 rings (SSSR count). The molecular formula is C15H14N2O5S. The molecule has 0 radical (unpaired) electrons. The van der Waals surface area contributed by atoms with E-state index in [1.807, 2.05) is 30.3 Å². The minimum atomic E-state index is -1.08. The maximum absolute atomic E-state index is 12.4. The molecule has 1 aromatic carbocycles. The molecule has 2 heterocycles. The summed E-state index contributed by atoms with van der Waals surface area (Å²) < 4.78 is 10.5. The Labute approximate surface area is 136 Å². The molecule has 1 N–H and O–H groups in total. The summed E-state index contributed by atoms with van der Waals surface area (Å²) in [7, 11) is 0. The van der Waals surface area contributed by atoms with Gasteiger partial charge in [-0.15, -0.1) is 11.8 Å². The van der Waals surface area contributed by atoms with Gasteiger partial charge in [-0.1, -0.05) is 30.3 Å². The zero-order valence-electron chi connectivity index (χ0n) is 12.0. The highest BCUT2D eigenvalue weighted by Crippen LogP contribution is 2.41. The summed E-state index contributed by atoms with van der Waals surface area (Å²) >= 11 is 1.28. The van der Waals surface area contributed by atoms with Crippen LogP contribution in [0, 0.1) is 0 Å². The zero-order valence-corrected chi connectivity index (χ0v) is 12.8. The number of hydrogen-bond donors (Lipinski definition) is 1. The van der Waals surface area contributed by atoms with Gasteiger partial charge >= 0.3 is 12.1 Å². The third-order valence-electron chi connectivity index (χ3n) is 3.36. The minimum Gasteiger partial charge on any atom is -0.480 e. The van der Waals surface area contributed by atoms with Crippen LogP contribution in [0.5, 0.6) is 0 Å². The fourth-order valence-electron chi connectivity index (χ4n) is 2.26. The van der Waals surface area contributed by atoms with Crippen molar-refractivity contribution in [2.24, 2.45) is 0 Å². The minimum absolute atomic E-state index is 0.0749. The molecule has 0 saturated carbocycles. The zero-order chi connectivity index (χ0) is 16.2. The van der Waals surface area contributed by atoms with Crippen LogP contribution < -0.4 is 0 Å². The molecule has 0 spiro atoms. The van der Waals surface area contributed by atoms with E-state index in [4.69, 9.17) is 9.15 Å². The molecule has 1 aromatic heterocycles. The van der Waals surface area contributed by atoms with Gasteiger partial charge in [-0.25, -0.2) is 14.6 Å². The van der Waals surface area contributed by atoms with Crippen molar-refractivity contribution >= 4 is 23.8 Å². The van der Waals surface area contributed by atoms with Gasteiger partial charge in [-0.2, -0.15) is 0 Å². The van der Waals surface area contributed by atoms with E-state index in [9.17, 15) is 14.7 Å². The third kappa shape index (κ3) is 3.31. The maximum atomic E-state index is 12.4. The van der Waals surface area contributed by atoms with Crippen LogP contribution in [0.2, 0.25) is 0 Å². The van der Waals surface area contributed by atoms with E-state index in [0.717, 1.165) is 5.56 Å². The number of amides is 1. The number of rotatable bonds is 4. The number of ether oxygens (including phenoxy) is 1. The number of hydrogen-bond acceptors (Lipinski definition) is 6. The van der Waals surface area contributed by atoms with Crippen LogP contribution in [0.15, 0.2) is 47.2 Å². The van der Waals surface area contributed by atoms with Gasteiger partial charge in [-0.3, -0.25) is 4.90 Å². The lowest BCUT2D eigenvalue weighted by Crippen LogP contribution is -2.43. The molecule has 8 heteroatoms. The van der Waals surface area contributed by atoms with E-state index in [-0.39, 0.29) is 18.3 Å². The molecule has 1 saturated heterocycles. The number of thioether (sulfide) groups is 1. The van der Waals surface area contributed by atoms with Gasteiger partial charge < -0.3 is 14.3 Å². The number of carboxylic acid groups (broad SMARTS) is 1. The summed E-state index contributed by atoms with van der Waals surface area (Å²) in [5.41, 5.74) is 0.826. The quantitative estimate of drug-likeness (QED) is 0.918. The smallest absolute Gasteiger partial charge is 0.412 e. The van der Waals surface area contributed by atoms with Crippen molar-refractivity contribution in [2.45, 2.75) is 18.0 Å². The number of carbonyl (C=O) groups is 2. The van der Waals surface area contributed by atoms with Gasteiger partial charge in [0, 0.05) is 5.75 Å². The molecule has 23 heavy (non-hydrogen) atoms. The predicted molar refractivity (Wildman–Crippen MR) is 81.6 cm³/mol. The van der Waals surface area contributed by atoms with Crippen molar-refractivity contribution in [3.05, 3.63) is 54.2 Å². The second-order valence-corrected chi connectivity index (χ2v) is 5.97. The van der Waals surface area contributed by atoms with Crippen molar-refractivity contribution in [1.82, 2.24) is 9.88 Å². The van der Waals surface area contributed by atoms with Crippen LogP contribution >= 0.6 is 11.8 Å². The molecule has 1 unspecified atom stereocenters. The fourth-order valence-corrected chi connectivity index (χ4v) is 3.58. The SMILES string of the molecule is O=C(O)C1CS[C@H](c2ncco2)N1C(=O)OCc1ccccc1. The molecule has 0 aliphatic carbocycles. The van der Waals surface area contributed by atoms with Crippen molar-refractivity contribution in [2.75, 3.05) is 5.75 Å². The Morgan fingerprint density at radius 1 is 1.39 bits per heavy atom. The van der Waals surface area contributed by atoms with Gasteiger partial charge in [0.25, 0.3) is 0 Å². The molecule has 2 aromatic rings. The lowest BCUT2D eigenvalue weighted by molar-refractivity contribution is -0.141. The van der Waals surface area contributed by atoms with Crippen LogP contribution in [0.25, 0.3) is 0 Å².